The van der Waals surface area contributed by atoms with Gasteiger partial charge in [-0.25, -0.2) is 0 Å². The molecular weight excluding hydrogens is 935 g/mol. The van der Waals surface area contributed by atoms with Gasteiger partial charge < -0.3 is 14.4 Å². The molecule has 0 aromatic heterocycles. The molecule has 360 valence electrons. The highest BCUT2D eigenvalue weighted by Gasteiger charge is 2.53. The topological polar surface area (TPSA) is 21.7 Å². The van der Waals surface area contributed by atoms with Crippen molar-refractivity contribution in [1.82, 2.24) is 0 Å². The van der Waals surface area contributed by atoms with E-state index in [0.29, 0.717) is 0 Å². The van der Waals surface area contributed by atoms with E-state index in [1.54, 1.807) is 0 Å². The van der Waals surface area contributed by atoms with E-state index >= 15 is 0 Å². The molecule has 0 saturated heterocycles. The van der Waals surface area contributed by atoms with Crippen molar-refractivity contribution in [2.75, 3.05) is 4.90 Å². The number of anilines is 3. The van der Waals surface area contributed by atoms with Gasteiger partial charge in [-0.2, -0.15) is 0 Å². The van der Waals surface area contributed by atoms with Gasteiger partial charge in [0.05, 0.1) is 16.5 Å². The molecule has 0 amide bonds. The molecule has 4 aliphatic rings. The van der Waals surface area contributed by atoms with Crippen LogP contribution in [0.3, 0.4) is 0 Å². The molecule has 0 radical (unpaired) electrons. The molecular formula is C74H47NO2. The van der Waals surface area contributed by atoms with Gasteiger partial charge in [0, 0.05) is 39.2 Å². The van der Waals surface area contributed by atoms with Crippen LogP contribution in [0.2, 0.25) is 0 Å². The van der Waals surface area contributed by atoms with E-state index in [2.05, 4.69) is 290 Å². The predicted octanol–water partition coefficient (Wildman–Crippen LogP) is 19.1. The Balaban J connectivity index is 0.865. The third-order valence-corrected chi connectivity index (χ3v) is 16.8. The maximum Gasteiger partial charge on any atom is 0.132 e. The Labute approximate surface area is 448 Å². The van der Waals surface area contributed by atoms with Crippen molar-refractivity contribution in [3.63, 3.8) is 0 Å². The fraction of sp³-hybridized carbons (Fsp3) is 0.0270. The summed E-state index contributed by atoms with van der Waals surface area (Å²) < 4.78 is 13.3. The zero-order valence-electron chi connectivity index (χ0n) is 41.9. The Morgan fingerprint density at radius 1 is 0.234 bits per heavy atom. The van der Waals surface area contributed by atoms with Crippen LogP contribution in [0.5, 0.6) is 23.0 Å². The summed E-state index contributed by atoms with van der Waals surface area (Å²) in [7, 11) is 0. The lowest BCUT2D eigenvalue weighted by molar-refractivity contribution is 0.436. The van der Waals surface area contributed by atoms with Gasteiger partial charge in [-0.3, -0.25) is 0 Å². The second-order valence-electron chi connectivity index (χ2n) is 20.6. The van der Waals surface area contributed by atoms with Gasteiger partial charge in [-0.1, -0.05) is 224 Å². The van der Waals surface area contributed by atoms with Crippen molar-refractivity contribution < 1.29 is 9.47 Å². The van der Waals surface area contributed by atoms with Gasteiger partial charge in [0.25, 0.3) is 0 Å². The van der Waals surface area contributed by atoms with Crippen LogP contribution in [0.1, 0.15) is 44.5 Å². The summed E-state index contributed by atoms with van der Waals surface area (Å²) >= 11 is 0. The highest BCUT2D eigenvalue weighted by Crippen LogP contribution is 2.65. The van der Waals surface area contributed by atoms with E-state index < -0.39 is 10.8 Å². The molecule has 0 bridgehead atoms. The Bertz CT molecular complexity index is 4270. The normalized spacial score (nSPS) is 13.9. The van der Waals surface area contributed by atoms with Crippen molar-refractivity contribution in [2.24, 2.45) is 0 Å². The van der Waals surface area contributed by atoms with Crippen LogP contribution >= 0.6 is 0 Å². The van der Waals surface area contributed by atoms with Crippen molar-refractivity contribution in [1.29, 1.82) is 0 Å². The summed E-state index contributed by atoms with van der Waals surface area (Å²) in [5, 5.41) is 0. The van der Waals surface area contributed by atoms with Crippen LogP contribution in [-0.4, -0.2) is 0 Å². The van der Waals surface area contributed by atoms with E-state index in [1.807, 2.05) is 0 Å². The molecule has 2 aliphatic carbocycles. The maximum absolute atomic E-state index is 6.71. The highest BCUT2D eigenvalue weighted by atomic mass is 16.5. The Morgan fingerprint density at radius 3 is 1.29 bits per heavy atom. The fourth-order valence-electron chi connectivity index (χ4n) is 13.7. The number of benzene rings is 12. The van der Waals surface area contributed by atoms with Crippen LogP contribution in [0, 0.1) is 0 Å². The first kappa shape index (κ1) is 43.4. The molecule has 12 aromatic rings. The highest BCUT2D eigenvalue weighted by molar-refractivity contribution is 6.01. The minimum absolute atomic E-state index is 0.511. The lowest BCUT2D eigenvalue weighted by Gasteiger charge is -2.39. The number of para-hydroxylation sites is 5. The Hall–Kier alpha value is -9.96. The molecule has 2 aliphatic heterocycles. The summed E-state index contributed by atoms with van der Waals surface area (Å²) in [6.45, 7) is 0. The minimum atomic E-state index is -0.581. The molecule has 2 heterocycles. The number of rotatable bonds is 6. The van der Waals surface area contributed by atoms with Crippen LogP contribution in [0.4, 0.5) is 17.1 Å². The fourth-order valence-corrected chi connectivity index (χ4v) is 13.7. The molecule has 77 heavy (non-hydrogen) atoms. The predicted molar refractivity (Wildman–Crippen MR) is 312 cm³/mol. The molecule has 2 spiro atoms. The Morgan fingerprint density at radius 2 is 0.649 bits per heavy atom. The third kappa shape index (κ3) is 6.14. The van der Waals surface area contributed by atoms with E-state index in [0.717, 1.165) is 73.4 Å². The van der Waals surface area contributed by atoms with Crippen LogP contribution in [0.15, 0.2) is 285 Å². The Kier molecular flexibility index (Phi) is 9.47. The molecule has 0 N–H and O–H groups in total. The van der Waals surface area contributed by atoms with Gasteiger partial charge in [0.15, 0.2) is 0 Å². The molecule has 16 rings (SSSR count). The zero-order chi connectivity index (χ0) is 50.7. The zero-order valence-corrected chi connectivity index (χ0v) is 41.9. The molecule has 12 aromatic carbocycles. The van der Waals surface area contributed by atoms with Crippen molar-refractivity contribution in [2.45, 2.75) is 10.8 Å². The molecule has 0 unspecified atom stereocenters. The lowest BCUT2D eigenvalue weighted by Crippen LogP contribution is -2.32. The molecule has 0 atom stereocenters. The van der Waals surface area contributed by atoms with Crippen molar-refractivity contribution in [3.8, 4) is 78.6 Å². The number of nitrogens with zero attached hydrogens (tertiary/aromatic N) is 1. The third-order valence-electron chi connectivity index (χ3n) is 16.8. The number of fused-ring (bicyclic) bond motifs is 18. The average Bonchev–Trinajstić information content (AvgIpc) is 4.13. The largest absolute Gasteiger partial charge is 0.457 e. The summed E-state index contributed by atoms with van der Waals surface area (Å²) in [6.07, 6.45) is 0. The smallest absolute Gasteiger partial charge is 0.132 e. The van der Waals surface area contributed by atoms with E-state index in [9.17, 15) is 0 Å². The second kappa shape index (κ2) is 16.8. The van der Waals surface area contributed by atoms with Gasteiger partial charge in [-0.05, 0) is 133 Å². The van der Waals surface area contributed by atoms with E-state index in [-0.39, 0.29) is 0 Å². The second-order valence-corrected chi connectivity index (χ2v) is 20.6. The minimum Gasteiger partial charge on any atom is -0.457 e. The molecule has 3 nitrogen and oxygen atoms in total. The maximum atomic E-state index is 6.71. The summed E-state index contributed by atoms with van der Waals surface area (Å²) in [4.78, 5) is 2.45. The number of hydrogen-bond donors (Lipinski definition) is 0. The number of hydrogen-bond acceptors (Lipinski definition) is 3. The average molecular weight is 982 g/mol. The molecule has 0 saturated carbocycles. The van der Waals surface area contributed by atoms with E-state index in [1.165, 1.54) is 66.8 Å². The van der Waals surface area contributed by atoms with Gasteiger partial charge in [0.2, 0.25) is 0 Å². The summed E-state index contributed by atoms with van der Waals surface area (Å²) in [5.74, 6) is 3.57. The van der Waals surface area contributed by atoms with Crippen LogP contribution in [0.25, 0.3) is 55.6 Å². The first-order chi connectivity index (χ1) is 38.2. The van der Waals surface area contributed by atoms with Gasteiger partial charge >= 0.3 is 0 Å². The van der Waals surface area contributed by atoms with E-state index in [4.69, 9.17) is 9.47 Å². The van der Waals surface area contributed by atoms with Crippen LogP contribution in [-0.2, 0) is 10.8 Å². The summed E-state index contributed by atoms with van der Waals surface area (Å²) in [6, 6.07) is 104. The molecule has 3 heteroatoms. The van der Waals surface area contributed by atoms with Crippen molar-refractivity contribution >= 4 is 17.1 Å². The lowest BCUT2D eigenvalue weighted by atomic mass is 9.66. The monoisotopic (exact) mass is 981 g/mol. The van der Waals surface area contributed by atoms with Gasteiger partial charge in [-0.15, -0.1) is 0 Å². The summed E-state index contributed by atoms with van der Waals surface area (Å²) in [5.41, 5.74) is 23.8. The molecule has 0 fully saturated rings. The standard InChI is InChI=1S/C74H47NO2/c1-2-20-48(21-3-1)50-22-18-23-53(46-50)75(52-43-40-49(41-44-52)51-42-45-61-58(47-51)54-24-4-7-28-59(54)73(61)62-30-9-14-36-68(62)76-69-37-15-10-31-63(69)73)67-35-13-6-25-55(67)56-27-19-34-66-72(56)57-26-5-8-29-60(57)74(66)64-32-11-16-38-70(64)77-71-39-17-12-33-65(71)74/h1-47H. The first-order valence-corrected chi connectivity index (χ1v) is 26.6. The van der Waals surface area contributed by atoms with Gasteiger partial charge in [0.1, 0.15) is 23.0 Å². The first-order valence-electron chi connectivity index (χ1n) is 26.6. The SMILES string of the molecule is c1ccc(-c2cccc(N(c3ccc(-c4ccc5c(c4)-c4ccccc4C54c5ccccc5Oc5ccccc54)cc3)c3ccccc3-c3cccc4c3-c3ccccc3C43c4ccccc4Oc4ccccc43)c2)cc1. The quantitative estimate of drug-likeness (QED) is 0.166. The van der Waals surface area contributed by atoms with Crippen molar-refractivity contribution in [3.05, 3.63) is 330 Å². The number of ether oxygens (including phenoxy) is 2. The van der Waals surface area contributed by atoms with Crippen LogP contribution < -0.4 is 14.4 Å².